The Bertz CT molecular complexity index is 624. The van der Waals surface area contributed by atoms with Gasteiger partial charge in [-0.1, -0.05) is 20.8 Å². The van der Waals surface area contributed by atoms with E-state index in [0.29, 0.717) is 17.1 Å². The molecular weight excluding hydrogens is 297 g/mol. The van der Waals surface area contributed by atoms with Crippen molar-refractivity contribution in [1.82, 2.24) is 4.98 Å². The number of nitrogens with two attached hydrogens (primary N) is 1. The molecule has 1 aromatic heterocycles. The first-order valence-corrected chi connectivity index (χ1v) is 7.41. The van der Waals surface area contributed by atoms with Crippen LogP contribution in [0.5, 0.6) is 0 Å². The number of halogens is 3. The van der Waals surface area contributed by atoms with Crippen molar-refractivity contribution in [2.45, 2.75) is 38.6 Å². The Balaban J connectivity index is 2.22. The van der Waals surface area contributed by atoms with Gasteiger partial charge in [0.2, 0.25) is 0 Å². The first-order valence-electron chi connectivity index (χ1n) is 6.53. The summed E-state index contributed by atoms with van der Waals surface area (Å²) in [5.41, 5.74) is 6.38. The van der Waals surface area contributed by atoms with Gasteiger partial charge in [0.15, 0.2) is 0 Å². The molecule has 0 saturated heterocycles. The highest BCUT2D eigenvalue weighted by atomic mass is 32.1. The van der Waals surface area contributed by atoms with Gasteiger partial charge in [-0.25, -0.2) is 18.2 Å². The van der Waals surface area contributed by atoms with Crippen molar-refractivity contribution >= 4 is 11.3 Å². The van der Waals surface area contributed by atoms with Crippen LogP contribution in [0.25, 0.3) is 0 Å². The van der Waals surface area contributed by atoms with E-state index in [0.717, 1.165) is 5.69 Å². The maximum absolute atomic E-state index is 13.7. The minimum absolute atomic E-state index is 0.0920. The molecular formula is C15H17F3N2S. The van der Waals surface area contributed by atoms with E-state index in [1.54, 1.807) is 0 Å². The number of thiazole rings is 1. The number of hydrogen-bond acceptors (Lipinski definition) is 3. The van der Waals surface area contributed by atoms with E-state index >= 15 is 0 Å². The summed E-state index contributed by atoms with van der Waals surface area (Å²) in [6.07, 6.45) is 0.209. The Morgan fingerprint density at radius 2 is 1.76 bits per heavy atom. The largest absolute Gasteiger partial charge is 0.323 e. The van der Waals surface area contributed by atoms with Gasteiger partial charge in [-0.15, -0.1) is 11.3 Å². The average Bonchev–Trinajstić information content (AvgIpc) is 2.75. The topological polar surface area (TPSA) is 38.9 Å². The van der Waals surface area contributed by atoms with E-state index < -0.39 is 23.5 Å². The molecule has 114 valence electrons. The smallest absolute Gasteiger partial charge is 0.133 e. The van der Waals surface area contributed by atoms with Gasteiger partial charge in [0.25, 0.3) is 0 Å². The molecule has 0 aliphatic carbocycles. The molecule has 0 fully saturated rings. The maximum atomic E-state index is 13.7. The molecule has 2 aromatic rings. The van der Waals surface area contributed by atoms with E-state index in [9.17, 15) is 13.2 Å². The minimum atomic E-state index is -0.965. The molecule has 21 heavy (non-hydrogen) atoms. The van der Waals surface area contributed by atoms with E-state index in [1.165, 1.54) is 11.3 Å². The van der Waals surface area contributed by atoms with Crippen molar-refractivity contribution in [3.8, 4) is 0 Å². The molecule has 6 heteroatoms. The molecule has 1 aromatic carbocycles. The monoisotopic (exact) mass is 314 g/mol. The summed E-state index contributed by atoms with van der Waals surface area (Å²) in [4.78, 5) is 4.44. The predicted octanol–water partition coefficient (Wildman–Crippen LogP) is 4.10. The van der Waals surface area contributed by atoms with Gasteiger partial charge in [0.1, 0.15) is 17.5 Å². The SMILES string of the molecule is CC(C)(C)c1csc(CC(N)c2c(F)cc(F)cc2F)n1. The van der Waals surface area contributed by atoms with Crippen LogP contribution in [0.2, 0.25) is 0 Å². The van der Waals surface area contributed by atoms with Crippen LogP contribution in [0.1, 0.15) is 43.1 Å². The predicted molar refractivity (Wildman–Crippen MR) is 77.8 cm³/mol. The van der Waals surface area contributed by atoms with Crippen LogP contribution in [0.4, 0.5) is 13.2 Å². The van der Waals surface area contributed by atoms with Gasteiger partial charge in [-0.05, 0) is 0 Å². The molecule has 1 heterocycles. The van der Waals surface area contributed by atoms with Gasteiger partial charge in [0.05, 0.1) is 10.7 Å². The fourth-order valence-electron chi connectivity index (χ4n) is 1.95. The Hall–Kier alpha value is -1.40. The molecule has 0 spiro atoms. The van der Waals surface area contributed by atoms with Crippen molar-refractivity contribution in [2.24, 2.45) is 5.73 Å². The fourth-order valence-corrected chi connectivity index (χ4v) is 3.03. The van der Waals surface area contributed by atoms with Crippen LogP contribution in [0, 0.1) is 17.5 Å². The molecule has 2 nitrogen and oxygen atoms in total. The summed E-state index contributed by atoms with van der Waals surface area (Å²) in [5.74, 6) is -2.88. The highest BCUT2D eigenvalue weighted by Gasteiger charge is 2.22. The average molecular weight is 314 g/mol. The molecule has 0 bridgehead atoms. The second-order valence-electron chi connectivity index (χ2n) is 5.97. The van der Waals surface area contributed by atoms with Crippen molar-refractivity contribution < 1.29 is 13.2 Å². The zero-order chi connectivity index (χ0) is 15.8. The lowest BCUT2D eigenvalue weighted by atomic mass is 9.93. The van der Waals surface area contributed by atoms with Crippen LogP contribution in [-0.4, -0.2) is 4.98 Å². The highest BCUT2D eigenvalue weighted by Crippen LogP contribution is 2.28. The van der Waals surface area contributed by atoms with Gasteiger partial charge in [-0.2, -0.15) is 0 Å². The maximum Gasteiger partial charge on any atom is 0.133 e. The third-order valence-electron chi connectivity index (χ3n) is 3.13. The van der Waals surface area contributed by atoms with E-state index in [2.05, 4.69) is 4.98 Å². The lowest BCUT2D eigenvalue weighted by molar-refractivity contribution is 0.500. The Labute approximate surface area is 125 Å². The number of benzene rings is 1. The summed E-state index contributed by atoms with van der Waals surface area (Å²) >= 11 is 1.40. The molecule has 0 amide bonds. The molecule has 1 unspecified atom stereocenters. The van der Waals surface area contributed by atoms with Crippen LogP contribution >= 0.6 is 11.3 Å². The summed E-state index contributed by atoms with van der Waals surface area (Å²) in [6, 6.07) is 0.381. The van der Waals surface area contributed by atoms with Crippen LogP contribution in [-0.2, 0) is 11.8 Å². The molecule has 2 rings (SSSR count). The van der Waals surface area contributed by atoms with Crippen molar-refractivity contribution in [1.29, 1.82) is 0 Å². The van der Waals surface area contributed by atoms with Gasteiger partial charge < -0.3 is 5.73 Å². The highest BCUT2D eigenvalue weighted by molar-refractivity contribution is 7.09. The number of aromatic nitrogens is 1. The normalized spacial score (nSPS) is 13.5. The third-order valence-corrected chi connectivity index (χ3v) is 4.00. The Kier molecular flexibility index (Phi) is 4.39. The second-order valence-corrected chi connectivity index (χ2v) is 6.91. The number of rotatable bonds is 3. The van der Waals surface area contributed by atoms with Gasteiger partial charge >= 0.3 is 0 Å². The third kappa shape index (κ3) is 3.63. The zero-order valence-electron chi connectivity index (χ0n) is 12.1. The number of nitrogens with zero attached hydrogens (tertiary/aromatic N) is 1. The van der Waals surface area contributed by atoms with E-state index in [1.807, 2.05) is 26.2 Å². The van der Waals surface area contributed by atoms with Gasteiger partial charge in [0, 0.05) is 41.0 Å². The standard InChI is InChI=1S/C15H17F3N2S/c1-15(2,3)12-7-21-13(20-12)6-11(19)14-9(17)4-8(16)5-10(14)18/h4-5,7,11H,6,19H2,1-3H3. The van der Waals surface area contributed by atoms with Crippen molar-refractivity contribution in [3.05, 3.63) is 51.2 Å². The van der Waals surface area contributed by atoms with Crippen molar-refractivity contribution in [2.75, 3.05) is 0 Å². The van der Waals surface area contributed by atoms with Gasteiger partial charge in [-0.3, -0.25) is 0 Å². The number of hydrogen-bond donors (Lipinski definition) is 1. The molecule has 0 aliphatic heterocycles. The molecule has 0 radical (unpaired) electrons. The summed E-state index contributed by atoms with van der Waals surface area (Å²) < 4.78 is 40.3. The molecule has 0 saturated carbocycles. The quantitative estimate of drug-likeness (QED) is 0.926. The summed E-state index contributed by atoms with van der Waals surface area (Å²) in [7, 11) is 0. The van der Waals surface area contributed by atoms with Crippen LogP contribution in [0.15, 0.2) is 17.5 Å². The van der Waals surface area contributed by atoms with Crippen LogP contribution in [0.3, 0.4) is 0 Å². The zero-order valence-corrected chi connectivity index (χ0v) is 12.9. The first-order chi connectivity index (χ1) is 9.68. The Morgan fingerprint density at radius 1 is 1.19 bits per heavy atom. The fraction of sp³-hybridized carbons (Fsp3) is 0.400. The Morgan fingerprint density at radius 3 is 2.24 bits per heavy atom. The lowest BCUT2D eigenvalue weighted by Crippen LogP contribution is -2.18. The molecule has 1 atom stereocenters. The molecule has 2 N–H and O–H groups in total. The van der Waals surface area contributed by atoms with Crippen molar-refractivity contribution in [3.63, 3.8) is 0 Å². The summed E-state index contributed by atoms with van der Waals surface area (Å²) in [5, 5.41) is 2.62. The van der Waals surface area contributed by atoms with E-state index in [-0.39, 0.29) is 17.4 Å². The molecule has 0 aliphatic rings. The minimum Gasteiger partial charge on any atom is -0.323 e. The first kappa shape index (κ1) is 16.0. The second kappa shape index (κ2) is 5.77. The van der Waals surface area contributed by atoms with E-state index in [4.69, 9.17) is 5.73 Å². The van der Waals surface area contributed by atoms with Crippen LogP contribution < -0.4 is 5.73 Å². The summed E-state index contributed by atoms with van der Waals surface area (Å²) in [6.45, 7) is 6.10. The lowest BCUT2D eigenvalue weighted by Gasteiger charge is -2.15.